The maximum atomic E-state index is 5.24. The van der Waals surface area contributed by atoms with E-state index in [9.17, 15) is 0 Å². The molecule has 1 aliphatic rings. The molecule has 0 aliphatic heterocycles. The van der Waals surface area contributed by atoms with Gasteiger partial charge in [-0.05, 0) is 12.8 Å². The highest BCUT2D eigenvalue weighted by molar-refractivity contribution is 5.54. The van der Waals surface area contributed by atoms with E-state index in [0.29, 0.717) is 6.04 Å². The molecule has 88 valence electrons. The Kier molecular flexibility index (Phi) is 3.54. The van der Waals surface area contributed by atoms with Gasteiger partial charge in [-0.25, -0.2) is 0 Å². The van der Waals surface area contributed by atoms with Gasteiger partial charge in [-0.3, -0.25) is 0 Å². The summed E-state index contributed by atoms with van der Waals surface area (Å²) in [5.74, 6) is 1.67. The van der Waals surface area contributed by atoms with Crippen LogP contribution in [0, 0.1) is 0 Å². The fourth-order valence-corrected chi connectivity index (χ4v) is 2.20. The lowest BCUT2D eigenvalue weighted by Crippen LogP contribution is -2.14. The van der Waals surface area contributed by atoms with Crippen LogP contribution in [0.3, 0.4) is 0 Å². The summed E-state index contributed by atoms with van der Waals surface area (Å²) in [6, 6.07) is 6.53. The van der Waals surface area contributed by atoms with Crippen LogP contribution in [-0.2, 0) is 0 Å². The van der Waals surface area contributed by atoms with Crippen LogP contribution in [0.1, 0.15) is 25.7 Å². The molecular weight excluding hydrogens is 202 g/mol. The van der Waals surface area contributed by atoms with Gasteiger partial charge < -0.3 is 14.8 Å². The third-order valence-electron chi connectivity index (χ3n) is 3.08. The van der Waals surface area contributed by atoms with E-state index in [4.69, 9.17) is 9.47 Å². The molecule has 1 N–H and O–H groups in total. The molecule has 0 aromatic heterocycles. The lowest BCUT2D eigenvalue weighted by atomic mass is 10.2. The van der Waals surface area contributed by atoms with Crippen molar-refractivity contribution in [2.24, 2.45) is 0 Å². The zero-order valence-corrected chi connectivity index (χ0v) is 9.95. The topological polar surface area (TPSA) is 30.5 Å². The van der Waals surface area contributed by atoms with Crippen LogP contribution in [0.5, 0.6) is 11.5 Å². The number of methoxy groups -OCH3 is 2. The Morgan fingerprint density at radius 3 is 2.06 bits per heavy atom. The molecule has 16 heavy (non-hydrogen) atoms. The second kappa shape index (κ2) is 5.10. The maximum absolute atomic E-state index is 5.24. The third kappa shape index (κ3) is 2.60. The van der Waals surface area contributed by atoms with Crippen LogP contribution >= 0.6 is 0 Å². The summed E-state index contributed by atoms with van der Waals surface area (Å²) in [6.07, 6.45) is 5.19. The SMILES string of the molecule is COc1cc(NC2CCCC2)cc(OC)c1. The second-order valence-corrected chi connectivity index (χ2v) is 4.23. The molecule has 2 rings (SSSR count). The van der Waals surface area contributed by atoms with Gasteiger partial charge in [-0.2, -0.15) is 0 Å². The number of rotatable bonds is 4. The van der Waals surface area contributed by atoms with Crippen molar-refractivity contribution in [3.8, 4) is 11.5 Å². The van der Waals surface area contributed by atoms with Crippen LogP contribution in [-0.4, -0.2) is 20.3 Å². The Bertz CT molecular complexity index is 324. The van der Waals surface area contributed by atoms with Crippen LogP contribution in [0.4, 0.5) is 5.69 Å². The summed E-state index contributed by atoms with van der Waals surface area (Å²) in [4.78, 5) is 0. The van der Waals surface area contributed by atoms with Crippen LogP contribution < -0.4 is 14.8 Å². The average molecular weight is 221 g/mol. The van der Waals surface area contributed by atoms with E-state index in [1.807, 2.05) is 18.2 Å². The van der Waals surface area contributed by atoms with E-state index in [1.165, 1.54) is 25.7 Å². The zero-order chi connectivity index (χ0) is 11.4. The van der Waals surface area contributed by atoms with Crippen molar-refractivity contribution in [2.45, 2.75) is 31.7 Å². The van der Waals surface area contributed by atoms with Crippen LogP contribution in [0.15, 0.2) is 18.2 Å². The molecule has 0 radical (unpaired) electrons. The van der Waals surface area contributed by atoms with Crippen molar-refractivity contribution in [3.05, 3.63) is 18.2 Å². The Morgan fingerprint density at radius 2 is 1.56 bits per heavy atom. The van der Waals surface area contributed by atoms with Crippen LogP contribution in [0.25, 0.3) is 0 Å². The maximum Gasteiger partial charge on any atom is 0.124 e. The number of ether oxygens (including phenoxy) is 2. The van der Waals surface area contributed by atoms with Gasteiger partial charge in [0.1, 0.15) is 11.5 Å². The van der Waals surface area contributed by atoms with Gasteiger partial charge in [0.05, 0.1) is 14.2 Å². The van der Waals surface area contributed by atoms with E-state index in [-0.39, 0.29) is 0 Å². The molecule has 3 heteroatoms. The van der Waals surface area contributed by atoms with E-state index >= 15 is 0 Å². The molecule has 1 aromatic carbocycles. The van der Waals surface area contributed by atoms with Gasteiger partial charge in [0.2, 0.25) is 0 Å². The first-order valence-corrected chi connectivity index (χ1v) is 5.81. The van der Waals surface area contributed by atoms with Gasteiger partial charge in [-0.1, -0.05) is 12.8 Å². The summed E-state index contributed by atoms with van der Waals surface area (Å²) in [5.41, 5.74) is 1.09. The summed E-state index contributed by atoms with van der Waals surface area (Å²) in [5, 5.41) is 3.53. The normalized spacial score (nSPS) is 16.1. The van der Waals surface area contributed by atoms with Gasteiger partial charge >= 0.3 is 0 Å². The van der Waals surface area contributed by atoms with Gasteiger partial charge in [0.25, 0.3) is 0 Å². The van der Waals surface area contributed by atoms with Crippen LogP contribution in [0.2, 0.25) is 0 Å². The first kappa shape index (κ1) is 11.1. The first-order valence-electron chi connectivity index (χ1n) is 5.81. The summed E-state index contributed by atoms with van der Waals surface area (Å²) in [6.45, 7) is 0. The Morgan fingerprint density at radius 1 is 1.00 bits per heavy atom. The van der Waals surface area contributed by atoms with Gasteiger partial charge in [0.15, 0.2) is 0 Å². The summed E-state index contributed by atoms with van der Waals surface area (Å²) in [7, 11) is 3.35. The monoisotopic (exact) mass is 221 g/mol. The highest BCUT2D eigenvalue weighted by atomic mass is 16.5. The van der Waals surface area contributed by atoms with Crippen molar-refractivity contribution >= 4 is 5.69 Å². The minimum absolute atomic E-state index is 0.608. The number of anilines is 1. The minimum atomic E-state index is 0.608. The van der Waals surface area contributed by atoms with E-state index in [0.717, 1.165) is 17.2 Å². The second-order valence-electron chi connectivity index (χ2n) is 4.23. The van der Waals surface area contributed by atoms with E-state index < -0.39 is 0 Å². The highest BCUT2D eigenvalue weighted by Gasteiger charge is 2.15. The van der Waals surface area contributed by atoms with Gasteiger partial charge in [-0.15, -0.1) is 0 Å². The molecular formula is C13H19NO2. The molecule has 1 saturated carbocycles. The predicted octanol–water partition coefficient (Wildman–Crippen LogP) is 3.06. The lowest BCUT2D eigenvalue weighted by Gasteiger charge is -2.15. The van der Waals surface area contributed by atoms with E-state index in [1.54, 1.807) is 14.2 Å². The first-order chi connectivity index (χ1) is 7.81. The number of benzene rings is 1. The number of nitrogens with one attached hydrogen (secondary N) is 1. The number of hydrogen-bond donors (Lipinski definition) is 1. The number of hydrogen-bond acceptors (Lipinski definition) is 3. The predicted molar refractivity (Wildman–Crippen MR) is 65.4 cm³/mol. The fourth-order valence-electron chi connectivity index (χ4n) is 2.20. The van der Waals surface area contributed by atoms with Crippen molar-refractivity contribution in [3.63, 3.8) is 0 Å². The largest absolute Gasteiger partial charge is 0.497 e. The van der Waals surface area contributed by atoms with Crippen molar-refractivity contribution in [1.29, 1.82) is 0 Å². The summed E-state index contributed by atoms with van der Waals surface area (Å²) < 4.78 is 10.5. The minimum Gasteiger partial charge on any atom is -0.497 e. The van der Waals surface area contributed by atoms with Gasteiger partial charge in [0, 0.05) is 29.9 Å². The third-order valence-corrected chi connectivity index (χ3v) is 3.08. The highest BCUT2D eigenvalue weighted by Crippen LogP contribution is 2.28. The molecule has 1 aromatic rings. The quantitative estimate of drug-likeness (QED) is 0.847. The Balaban J connectivity index is 2.12. The smallest absolute Gasteiger partial charge is 0.124 e. The molecule has 3 nitrogen and oxygen atoms in total. The fraction of sp³-hybridized carbons (Fsp3) is 0.538. The van der Waals surface area contributed by atoms with Crippen molar-refractivity contribution < 1.29 is 9.47 Å². The van der Waals surface area contributed by atoms with Crippen molar-refractivity contribution in [2.75, 3.05) is 19.5 Å². The lowest BCUT2D eigenvalue weighted by molar-refractivity contribution is 0.394. The molecule has 0 spiro atoms. The summed E-state index contributed by atoms with van der Waals surface area (Å²) >= 11 is 0. The Hall–Kier alpha value is -1.38. The average Bonchev–Trinajstić information content (AvgIpc) is 2.81. The standard InChI is InChI=1S/C13H19NO2/c1-15-12-7-11(8-13(9-12)16-2)14-10-5-3-4-6-10/h7-10,14H,3-6H2,1-2H3. The molecule has 1 aliphatic carbocycles. The van der Waals surface area contributed by atoms with Crippen molar-refractivity contribution in [1.82, 2.24) is 0 Å². The zero-order valence-electron chi connectivity index (χ0n) is 9.95. The molecule has 1 fully saturated rings. The Labute approximate surface area is 96.8 Å². The molecule has 0 saturated heterocycles. The molecule has 0 unspecified atom stereocenters. The molecule has 0 amide bonds. The molecule has 0 heterocycles. The molecule has 0 bridgehead atoms. The molecule has 0 atom stereocenters. The van der Waals surface area contributed by atoms with E-state index in [2.05, 4.69) is 5.32 Å².